The molecular formula is C26H31N3O3. The number of hydrogen-bond acceptors (Lipinski definition) is 6. The molecular weight excluding hydrogens is 402 g/mol. The highest BCUT2D eigenvalue weighted by molar-refractivity contribution is 5.32. The minimum atomic E-state index is -0.556. The molecule has 1 fully saturated rings. The quantitative estimate of drug-likeness (QED) is 0.559. The zero-order valence-corrected chi connectivity index (χ0v) is 18.5. The van der Waals surface area contributed by atoms with Crippen LogP contribution in [0.5, 0.6) is 11.6 Å². The number of rotatable bonds is 9. The molecule has 0 radical (unpaired) electrons. The van der Waals surface area contributed by atoms with Gasteiger partial charge in [-0.3, -0.25) is 9.80 Å². The Balaban J connectivity index is 1.31. The number of aromatic nitrogens is 1. The molecule has 6 nitrogen and oxygen atoms in total. The second-order valence-corrected chi connectivity index (χ2v) is 8.06. The summed E-state index contributed by atoms with van der Waals surface area (Å²) in [6.07, 6.45) is 1.08. The number of nitrogens with zero attached hydrogens (tertiary/aromatic N) is 3. The van der Waals surface area contributed by atoms with Crippen molar-refractivity contribution in [2.75, 3.05) is 46.4 Å². The first-order chi connectivity index (χ1) is 15.7. The molecule has 0 saturated carbocycles. The van der Waals surface area contributed by atoms with Gasteiger partial charge >= 0.3 is 0 Å². The molecule has 2 heterocycles. The number of hydrogen-bond donors (Lipinski definition) is 1. The van der Waals surface area contributed by atoms with E-state index in [2.05, 4.69) is 75.4 Å². The normalized spacial score (nSPS) is 16.1. The van der Waals surface area contributed by atoms with Crippen molar-refractivity contribution in [3.8, 4) is 11.6 Å². The monoisotopic (exact) mass is 433 g/mol. The molecule has 2 aromatic carbocycles. The van der Waals surface area contributed by atoms with Gasteiger partial charge in [0.2, 0.25) is 5.88 Å². The van der Waals surface area contributed by atoms with Crippen LogP contribution in [0.15, 0.2) is 79.0 Å². The van der Waals surface area contributed by atoms with Crippen LogP contribution in [0.25, 0.3) is 0 Å². The summed E-state index contributed by atoms with van der Waals surface area (Å²) in [5, 5.41) is 10.5. The van der Waals surface area contributed by atoms with E-state index in [1.54, 1.807) is 25.4 Å². The summed E-state index contributed by atoms with van der Waals surface area (Å²) in [7, 11) is 1.57. The van der Waals surface area contributed by atoms with Gasteiger partial charge in [0.15, 0.2) is 0 Å². The lowest BCUT2D eigenvalue weighted by molar-refractivity contribution is 0.0400. The van der Waals surface area contributed by atoms with Gasteiger partial charge in [-0.25, -0.2) is 4.98 Å². The average molecular weight is 434 g/mol. The van der Waals surface area contributed by atoms with Crippen molar-refractivity contribution in [2.45, 2.75) is 12.1 Å². The molecule has 1 atom stereocenters. The van der Waals surface area contributed by atoms with Crippen LogP contribution in [0, 0.1) is 0 Å². The largest absolute Gasteiger partial charge is 0.491 e. The Morgan fingerprint density at radius 2 is 1.53 bits per heavy atom. The van der Waals surface area contributed by atoms with E-state index >= 15 is 0 Å². The van der Waals surface area contributed by atoms with Gasteiger partial charge in [0.1, 0.15) is 18.5 Å². The topological polar surface area (TPSA) is 58.1 Å². The Morgan fingerprint density at radius 1 is 0.906 bits per heavy atom. The predicted octanol–water partition coefficient (Wildman–Crippen LogP) is 3.24. The van der Waals surface area contributed by atoms with Crippen LogP contribution in [0.2, 0.25) is 0 Å². The molecule has 1 aliphatic rings. The van der Waals surface area contributed by atoms with E-state index in [9.17, 15) is 5.11 Å². The smallest absolute Gasteiger partial charge is 0.216 e. The highest BCUT2D eigenvalue weighted by Gasteiger charge is 2.27. The van der Waals surface area contributed by atoms with Crippen molar-refractivity contribution in [1.29, 1.82) is 0 Å². The van der Waals surface area contributed by atoms with Crippen LogP contribution in [0.4, 0.5) is 0 Å². The van der Waals surface area contributed by atoms with Gasteiger partial charge in [-0.2, -0.15) is 0 Å². The zero-order chi connectivity index (χ0) is 22.2. The summed E-state index contributed by atoms with van der Waals surface area (Å²) in [4.78, 5) is 8.91. The van der Waals surface area contributed by atoms with Crippen LogP contribution in [0.3, 0.4) is 0 Å². The van der Waals surface area contributed by atoms with Crippen molar-refractivity contribution in [3.05, 3.63) is 90.1 Å². The highest BCUT2D eigenvalue weighted by atomic mass is 16.5. The number of piperazine rings is 1. The molecule has 168 valence electrons. The Bertz CT molecular complexity index is 907. The average Bonchev–Trinajstić information content (AvgIpc) is 2.85. The second-order valence-electron chi connectivity index (χ2n) is 8.06. The van der Waals surface area contributed by atoms with Crippen LogP contribution in [-0.4, -0.2) is 72.4 Å². The zero-order valence-electron chi connectivity index (χ0n) is 18.5. The number of β-amino-alcohol motifs (C(OH)–C–C–N with tert-alkyl or cyclic N) is 1. The number of pyridine rings is 1. The molecule has 0 spiro atoms. The molecule has 1 unspecified atom stereocenters. The first kappa shape index (κ1) is 22.3. The van der Waals surface area contributed by atoms with E-state index in [-0.39, 0.29) is 12.6 Å². The fourth-order valence-electron chi connectivity index (χ4n) is 4.22. The predicted molar refractivity (Wildman–Crippen MR) is 125 cm³/mol. The minimum absolute atomic E-state index is 0.240. The molecule has 0 aliphatic carbocycles. The Labute approximate surface area is 190 Å². The van der Waals surface area contributed by atoms with Crippen molar-refractivity contribution in [1.82, 2.24) is 14.8 Å². The van der Waals surface area contributed by atoms with Crippen molar-refractivity contribution >= 4 is 0 Å². The molecule has 4 rings (SSSR count). The van der Waals surface area contributed by atoms with Gasteiger partial charge in [0, 0.05) is 45.0 Å². The fraction of sp³-hybridized carbons (Fsp3) is 0.346. The minimum Gasteiger partial charge on any atom is -0.491 e. The van der Waals surface area contributed by atoms with E-state index in [0.717, 1.165) is 26.2 Å². The highest BCUT2D eigenvalue weighted by Crippen LogP contribution is 2.29. The SMILES string of the molecule is COc1cc(OCC(O)CN2CCN(C(c3ccccc3)c3ccccc3)CC2)ccn1. The summed E-state index contributed by atoms with van der Waals surface area (Å²) < 4.78 is 10.8. The Kier molecular flexibility index (Phi) is 7.72. The first-order valence-corrected chi connectivity index (χ1v) is 11.1. The summed E-state index contributed by atoms with van der Waals surface area (Å²) in [5.74, 6) is 1.15. The number of aliphatic hydroxyl groups is 1. The molecule has 1 aliphatic heterocycles. The van der Waals surface area contributed by atoms with Crippen LogP contribution in [-0.2, 0) is 0 Å². The Hall–Kier alpha value is -2.93. The van der Waals surface area contributed by atoms with E-state index in [4.69, 9.17) is 9.47 Å². The number of aliphatic hydroxyl groups excluding tert-OH is 1. The third-order valence-electron chi connectivity index (χ3n) is 5.83. The molecule has 1 aromatic heterocycles. The van der Waals surface area contributed by atoms with Gasteiger partial charge in [0.25, 0.3) is 0 Å². The van der Waals surface area contributed by atoms with Crippen LogP contribution < -0.4 is 9.47 Å². The lowest BCUT2D eigenvalue weighted by atomic mass is 9.96. The van der Waals surface area contributed by atoms with Gasteiger partial charge in [-0.15, -0.1) is 0 Å². The number of methoxy groups -OCH3 is 1. The van der Waals surface area contributed by atoms with Crippen molar-refractivity contribution < 1.29 is 14.6 Å². The maximum Gasteiger partial charge on any atom is 0.216 e. The van der Waals surface area contributed by atoms with Crippen molar-refractivity contribution in [2.24, 2.45) is 0 Å². The third kappa shape index (κ3) is 5.85. The van der Waals surface area contributed by atoms with Gasteiger partial charge in [0.05, 0.1) is 13.2 Å². The molecule has 0 bridgehead atoms. The number of ether oxygens (including phenoxy) is 2. The van der Waals surface area contributed by atoms with Gasteiger partial charge < -0.3 is 14.6 Å². The lowest BCUT2D eigenvalue weighted by Crippen LogP contribution is -2.50. The van der Waals surface area contributed by atoms with E-state index in [0.29, 0.717) is 18.2 Å². The van der Waals surface area contributed by atoms with E-state index in [1.807, 2.05) is 0 Å². The van der Waals surface area contributed by atoms with Gasteiger partial charge in [-0.1, -0.05) is 60.7 Å². The summed E-state index contributed by atoms with van der Waals surface area (Å²) in [6.45, 7) is 4.56. The van der Waals surface area contributed by atoms with Gasteiger partial charge in [-0.05, 0) is 17.2 Å². The fourth-order valence-corrected chi connectivity index (χ4v) is 4.22. The Morgan fingerprint density at radius 3 is 2.12 bits per heavy atom. The maximum atomic E-state index is 10.5. The molecule has 1 N–H and O–H groups in total. The third-order valence-corrected chi connectivity index (χ3v) is 5.83. The molecule has 3 aromatic rings. The summed E-state index contributed by atoms with van der Waals surface area (Å²) in [5.41, 5.74) is 2.63. The van der Waals surface area contributed by atoms with Crippen molar-refractivity contribution in [3.63, 3.8) is 0 Å². The van der Waals surface area contributed by atoms with E-state index < -0.39 is 6.10 Å². The van der Waals surface area contributed by atoms with Crippen LogP contribution in [0.1, 0.15) is 17.2 Å². The maximum absolute atomic E-state index is 10.5. The summed E-state index contributed by atoms with van der Waals surface area (Å²) in [6, 6.07) is 25.1. The first-order valence-electron chi connectivity index (χ1n) is 11.1. The molecule has 1 saturated heterocycles. The summed E-state index contributed by atoms with van der Waals surface area (Å²) >= 11 is 0. The van der Waals surface area contributed by atoms with Crippen LogP contribution >= 0.6 is 0 Å². The molecule has 0 amide bonds. The second kappa shape index (κ2) is 11.1. The standard InChI is InChI=1S/C26H31N3O3/c1-31-25-18-24(12-13-27-25)32-20-23(30)19-28-14-16-29(17-15-28)26(21-8-4-2-5-9-21)22-10-6-3-7-11-22/h2-13,18,23,26,30H,14-17,19-20H2,1H3. The molecule has 6 heteroatoms. The number of benzene rings is 2. The lowest BCUT2D eigenvalue weighted by Gasteiger charge is -2.40. The van der Waals surface area contributed by atoms with E-state index in [1.165, 1.54) is 11.1 Å². The molecule has 32 heavy (non-hydrogen) atoms.